The first-order chi connectivity index (χ1) is 13.8. The van der Waals surface area contributed by atoms with Crippen molar-refractivity contribution in [2.75, 3.05) is 23.8 Å². The molecule has 158 valence electrons. The summed E-state index contributed by atoms with van der Waals surface area (Å²) in [6.07, 6.45) is 5.82. The second-order valence-corrected chi connectivity index (χ2v) is 8.30. The molecule has 0 radical (unpaired) electrons. The predicted octanol–water partition coefficient (Wildman–Crippen LogP) is 1.54. The van der Waals surface area contributed by atoms with E-state index in [2.05, 4.69) is 41.7 Å². The van der Waals surface area contributed by atoms with Crippen LogP contribution in [0.1, 0.15) is 13.8 Å². The number of aliphatic hydroxyl groups is 2. The lowest BCUT2D eigenvalue weighted by molar-refractivity contribution is 0.177. The molecule has 1 aliphatic carbocycles. The summed E-state index contributed by atoms with van der Waals surface area (Å²) in [5.41, 5.74) is 0.826. The zero-order chi connectivity index (χ0) is 21.6. The van der Waals surface area contributed by atoms with Crippen molar-refractivity contribution in [3.8, 4) is 0 Å². The highest BCUT2D eigenvalue weighted by molar-refractivity contribution is 9.10. The molecular weight excluding hydrogens is 464 g/mol. The Bertz CT molecular complexity index is 873. The topological polar surface area (TPSA) is 163 Å². The van der Waals surface area contributed by atoms with Crippen molar-refractivity contribution in [2.24, 2.45) is 16.2 Å². The number of aliphatic hydroxyl groups excluding tert-OH is 2. The lowest BCUT2D eigenvalue weighted by atomic mass is 10.1. The maximum absolute atomic E-state index is 11.9. The van der Waals surface area contributed by atoms with Crippen molar-refractivity contribution < 1.29 is 14.4 Å². The van der Waals surface area contributed by atoms with Gasteiger partial charge in [0.25, 0.3) is 0 Å². The Morgan fingerprint density at radius 3 is 2.76 bits per heavy atom. The standard InChI is InChI=1S/C17H23BrN6O4S/c1-9(10(2)26)22-16-14(18)7-20-17(24-16)23-13-4-3-11(6-21-27)15(29(19)28)12(5-13)8-25/h3-5,7,9-11,25-26H,6,8,19H2,1-2H3,(H2,20,22,23,24)/t9-,10-,11?,29?/m1/s1. The second kappa shape index (κ2) is 10.7. The Hall–Kier alpha value is -1.99. The Morgan fingerprint density at radius 2 is 2.17 bits per heavy atom. The normalized spacial score (nSPS) is 19.8. The first kappa shape index (κ1) is 23.3. The van der Waals surface area contributed by atoms with Gasteiger partial charge < -0.3 is 20.8 Å². The molecule has 0 fully saturated rings. The molecular formula is C17H23BrN6O4S. The quantitative estimate of drug-likeness (QED) is 0.328. The van der Waals surface area contributed by atoms with Gasteiger partial charge in [0.15, 0.2) is 0 Å². The second-order valence-electron chi connectivity index (χ2n) is 6.41. The minimum Gasteiger partial charge on any atom is -0.392 e. The number of anilines is 2. The van der Waals surface area contributed by atoms with Crippen LogP contribution in [-0.2, 0) is 11.0 Å². The number of nitroso groups, excluding NO2 is 1. The molecule has 10 nitrogen and oxygen atoms in total. The van der Waals surface area contributed by atoms with Crippen LogP contribution in [0.25, 0.3) is 0 Å². The number of aromatic nitrogens is 2. The van der Waals surface area contributed by atoms with Crippen LogP contribution in [0.15, 0.2) is 50.2 Å². The molecule has 1 aromatic rings. The largest absolute Gasteiger partial charge is 0.392 e. The van der Waals surface area contributed by atoms with Gasteiger partial charge in [0.05, 0.1) is 29.8 Å². The Kier molecular flexibility index (Phi) is 8.59. The van der Waals surface area contributed by atoms with Crippen LogP contribution in [0.3, 0.4) is 0 Å². The Balaban J connectivity index is 2.35. The van der Waals surface area contributed by atoms with Crippen LogP contribution in [0.4, 0.5) is 11.8 Å². The number of nitrogens with one attached hydrogen (secondary N) is 2. The monoisotopic (exact) mass is 486 g/mol. The van der Waals surface area contributed by atoms with E-state index in [4.69, 9.17) is 5.14 Å². The Labute approximate surface area is 179 Å². The summed E-state index contributed by atoms with van der Waals surface area (Å²) in [4.78, 5) is 19.6. The molecule has 6 N–H and O–H groups in total. The molecule has 0 saturated heterocycles. The maximum atomic E-state index is 11.9. The molecule has 2 rings (SSSR count). The van der Waals surface area contributed by atoms with E-state index in [0.717, 1.165) is 0 Å². The summed E-state index contributed by atoms with van der Waals surface area (Å²) in [7, 11) is -1.88. The van der Waals surface area contributed by atoms with Gasteiger partial charge in [-0.15, -0.1) is 0 Å². The lowest BCUT2D eigenvalue weighted by Crippen LogP contribution is -2.28. The fourth-order valence-electron chi connectivity index (χ4n) is 2.55. The smallest absolute Gasteiger partial charge is 0.229 e. The van der Waals surface area contributed by atoms with Gasteiger partial charge in [-0.25, -0.2) is 14.3 Å². The summed E-state index contributed by atoms with van der Waals surface area (Å²) in [6, 6.07) is -0.242. The van der Waals surface area contributed by atoms with Crippen molar-refractivity contribution >= 4 is 38.7 Å². The minimum absolute atomic E-state index is 0.153. The number of rotatable bonds is 9. The summed E-state index contributed by atoms with van der Waals surface area (Å²) < 4.78 is 12.6. The zero-order valence-corrected chi connectivity index (χ0v) is 18.3. The number of nitrogens with two attached hydrogens (primary N) is 1. The SMILES string of the molecule is C[C@@H](O)[C@@H](C)Nc1nc(NC2=CC(CO)=C(S(N)=O)C(CN=O)C=C2)ncc1Br. The van der Waals surface area contributed by atoms with Crippen LogP contribution >= 0.6 is 15.9 Å². The van der Waals surface area contributed by atoms with Gasteiger partial charge in [0.1, 0.15) is 16.8 Å². The number of halogens is 1. The predicted molar refractivity (Wildman–Crippen MR) is 116 cm³/mol. The third-order valence-corrected chi connectivity index (χ3v) is 5.82. The molecule has 0 saturated carbocycles. The van der Waals surface area contributed by atoms with Gasteiger partial charge in [0.2, 0.25) is 5.95 Å². The highest BCUT2D eigenvalue weighted by Gasteiger charge is 2.22. The molecule has 1 aromatic heterocycles. The van der Waals surface area contributed by atoms with Crippen molar-refractivity contribution in [1.29, 1.82) is 0 Å². The summed E-state index contributed by atoms with van der Waals surface area (Å²) in [5.74, 6) is 0.147. The van der Waals surface area contributed by atoms with E-state index in [-0.39, 0.29) is 23.4 Å². The fourth-order valence-corrected chi connectivity index (χ4v) is 3.69. The number of hydrogen-bond acceptors (Lipinski definition) is 9. The molecule has 1 heterocycles. The van der Waals surface area contributed by atoms with Gasteiger partial charge in [-0.2, -0.15) is 9.89 Å². The molecule has 0 aliphatic heterocycles. The van der Waals surface area contributed by atoms with E-state index >= 15 is 0 Å². The van der Waals surface area contributed by atoms with E-state index < -0.39 is 29.6 Å². The molecule has 29 heavy (non-hydrogen) atoms. The summed E-state index contributed by atoms with van der Waals surface area (Å²) in [5, 5.41) is 33.9. The third kappa shape index (κ3) is 6.24. The van der Waals surface area contributed by atoms with Crippen LogP contribution in [-0.4, -0.2) is 49.7 Å². The van der Waals surface area contributed by atoms with Crippen LogP contribution in [0, 0.1) is 10.8 Å². The number of allylic oxidation sites excluding steroid dienone is 1. The molecule has 2 unspecified atom stereocenters. The van der Waals surface area contributed by atoms with Crippen LogP contribution in [0.5, 0.6) is 0 Å². The molecule has 0 aromatic carbocycles. The first-order valence-corrected chi connectivity index (χ1v) is 10.7. The van der Waals surface area contributed by atoms with Crippen molar-refractivity contribution in [3.05, 3.63) is 50.0 Å². The van der Waals surface area contributed by atoms with Gasteiger partial charge in [-0.1, -0.05) is 11.3 Å². The highest BCUT2D eigenvalue weighted by Crippen LogP contribution is 2.27. The first-order valence-electron chi connectivity index (χ1n) is 8.70. The number of nitrogens with zero attached hydrogens (tertiary/aromatic N) is 3. The Morgan fingerprint density at radius 1 is 1.45 bits per heavy atom. The highest BCUT2D eigenvalue weighted by atomic mass is 79.9. The molecule has 12 heteroatoms. The fraction of sp³-hybridized carbons (Fsp3) is 0.412. The minimum atomic E-state index is -1.88. The van der Waals surface area contributed by atoms with E-state index in [9.17, 15) is 19.3 Å². The van der Waals surface area contributed by atoms with Gasteiger partial charge in [-0.3, -0.25) is 0 Å². The summed E-state index contributed by atoms with van der Waals surface area (Å²) >= 11 is 3.36. The average Bonchev–Trinajstić information content (AvgIpc) is 2.84. The molecule has 0 amide bonds. The molecule has 0 spiro atoms. The van der Waals surface area contributed by atoms with E-state index in [0.29, 0.717) is 21.6 Å². The molecule has 0 bridgehead atoms. The van der Waals surface area contributed by atoms with E-state index in [1.165, 1.54) is 0 Å². The summed E-state index contributed by atoms with van der Waals surface area (Å²) in [6.45, 7) is 2.91. The van der Waals surface area contributed by atoms with Crippen molar-refractivity contribution in [1.82, 2.24) is 9.97 Å². The van der Waals surface area contributed by atoms with E-state index in [1.807, 2.05) is 6.92 Å². The van der Waals surface area contributed by atoms with Gasteiger partial charge in [0, 0.05) is 22.7 Å². The number of hydrogen-bond donors (Lipinski definition) is 5. The lowest BCUT2D eigenvalue weighted by Gasteiger charge is -2.18. The maximum Gasteiger partial charge on any atom is 0.229 e. The van der Waals surface area contributed by atoms with Crippen LogP contribution < -0.4 is 15.8 Å². The van der Waals surface area contributed by atoms with Crippen molar-refractivity contribution in [2.45, 2.75) is 26.0 Å². The third-order valence-electron chi connectivity index (χ3n) is 4.24. The van der Waals surface area contributed by atoms with Gasteiger partial charge in [-0.05, 0) is 47.5 Å². The zero-order valence-electron chi connectivity index (χ0n) is 15.9. The van der Waals surface area contributed by atoms with Crippen LogP contribution in [0.2, 0.25) is 0 Å². The van der Waals surface area contributed by atoms with E-state index in [1.54, 1.807) is 31.3 Å². The average molecular weight is 487 g/mol. The molecule has 1 aliphatic rings. The van der Waals surface area contributed by atoms with Crippen molar-refractivity contribution in [3.63, 3.8) is 0 Å². The molecule has 4 atom stereocenters. The van der Waals surface area contributed by atoms with Gasteiger partial charge >= 0.3 is 0 Å².